The Morgan fingerprint density at radius 2 is 0.479 bits per heavy atom. The Balaban J connectivity index is 0. The van der Waals surface area contributed by atoms with E-state index in [2.05, 4.69) is 20.8 Å². The van der Waals surface area contributed by atoms with E-state index in [0.29, 0.717) is 36.0 Å². The van der Waals surface area contributed by atoms with E-state index in [1.54, 1.807) is 68.4 Å². The van der Waals surface area contributed by atoms with Crippen LogP contribution in [0.25, 0.3) is 0 Å². The van der Waals surface area contributed by atoms with Gasteiger partial charge in [-0.2, -0.15) is 0 Å². The van der Waals surface area contributed by atoms with E-state index >= 15 is 0 Å². The first-order valence-electron chi connectivity index (χ1n) is 27.2. The molecule has 0 amide bonds. The Labute approximate surface area is 454 Å². The molecule has 0 bridgehead atoms. The smallest absolute Gasteiger partial charge is 0.852 e. The van der Waals surface area contributed by atoms with E-state index in [0.717, 1.165) is 38.5 Å². The molecule has 10 nitrogen and oxygen atoms in total. The number of hydrogen-bond acceptors (Lipinski definition) is 10. The summed E-state index contributed by atoms with van der Waals surface area (Å²) in [5, 5.41) is 9.53. The molecule has 14 heteroatoms. The van der Waals surface area contributed by atoms with Gasteiger partial charge in [-0.1, -0.05) is 263 Å². The van der Waals surface area contributed by atoms with Gasteiger partial charge in [0.25, 0.3) is 0 Å². The van der Waals surface area contributed by atoms with Crippen LogP contribution in [0, 0.1) is 0 Å². The summed E-state index contributed by atoms with van der Waals surface area (Å²) in [5.41, 5.74) is 1.99. The molecule has 3 aromatic carbocycles. The predicted molar refractivity (Wildman–Crippen MR) is 285 cm³/mol. The van der Waals surface area contributed by atoms with Gasteiger partial charge in [0.15, 0.2) is 0 Å². The minimum absolute atomic E-state index is 0. The van der Waals surface area contributed by atoms with Crippen LogP contribution in [0.2, 0.25) is 0 Å². The van der Waals surface area contributed by atoms with Crippen LogP contribution in [-0.4, -0.2) is 45.0 Å². The molecule has 0 aromatic heterocycles. The number of hydrogen-bond donors (Lipinski definition) is 0. The van der Waals surface area contributed by atoms with Crippen molar-refractivity contribution < 1.29 is 70.2 Å². The SMILES string of the molecule is CC(C)[O-].CCCCCCCCCCCCc1ccccc1S(=O)(=O)[O-].CCCCCCCCCCCCc1ccccc1S(=O)(=O)[O-].CCCCCCCCCCCCc1ccccc1S(=O)(=O)[O-].[Zr+4]. The summed E-state index contributed by atoms with van der Waals surface area (Å²) in [6, 6.07) is 19.7. The Hall–Kier alpha value is -1.77. The van der Waals surface area contributed by atoms with Crippen LogP contribution in [0.15, 0.2) is 87.5 Å². The van der Waals surface area contributed by atoms with Gasteiger partial charge in [0, 0.05) is 0 Å². The van der Waals surface area contributed by atoms with Gasteiger partial charge in [0.2, 0.25) is 0 Å². The van der Waals surface area contributed by atoms with Gasteiger partial charge in [0.05, 0.1) is 14.7 Å². The molecule has 404 valence electrons. The summed E-state index contributed by atoms with van der Waals surface area (Å²) < 4.78 is 101. The van der Waals surface area contributed by atoms with Gasteiger partial charge < -0.3 is 18.8 Å². The summed E-state index contributed by atoms with van der Waals surface area (Å²) in [6.07, 6.45) is 39.0. The van der Waals surface area contributed by atoms with E-state index < -0.39 is 36.5 Å². The molecule has 71 heavy (non-hydrogen) atoms. The molecule has 0 spiro atoms. The van der Waals surface area contributed by atoms with Gasteiger partial charge in [0.1, 0.15) is 30.4 Å². The van der Waals surface area contributed by atoms with Gasteiger partial charge >= 0.3 is 26.2 Å². The summed E-state index contributed by atoms with van der Waals surface area (Å²) in [6.45, 7) is 9.92. The van der Waals surface area contributed by atoms with E-state index in [4.69, 9.17) is 0 Å². The molecule has 3 aromatic rings. The average molecular weight is 1130 g/mol. The Bertz CT molecular complexity index is 1810. The zero-order valence-electron chi connectivity index (χ0n) is 44.6. The first kappa shape index (κ1) is 71.3. The molecule has 0 saturated heterocycles. The van der Waals surface area contributed by atoms with Crippen molar-refractivity contribution in [3.05, 3.63) is 89.5 Å². The Kier molecular flexibility index (Phi) is 45.8. The molecule has 0 radical (unpaired) electrons. The zero-order valence-corrected chi connectivity index (χ0v) is 49.6. The topological polar surface area (TPSA) is 195 Å². The molecule has 0 atom stereocenters. The molecule has 0 N–H and O–H groups in total. The van der Waals surface area contributed by atoms with Crippen molar-refractivity contribution in [3.8, 4) is 0 Å². The molecule has 0 heterocycles. The number of unbranched alkanes of at least 4 members (excludes halogenated alkanes) is 27. The first-order chi connectivity index (χ1) is 33.4. The second-order valence-corrected chi connectivity index (χ2v) is 23.1. The van der Waals surface area contributed by atoms with Crippen molar-refractivity contribution in [2.24, 2.45) is 0 Å². The van der Waals surface area contributed by atoms with E-state index in [9.17, 15) is 44.0 Å². The molecule has 0 unspecified atom stereocenters. The molecule has 0 aliphatic heterocycles. The van der Waals surface area contributed by atoms with Crippen LogP contribution in [0.4, 0.5) is 0 Å². The molecular formula is C57H94O10S3Zr. The molecule has 0 aliphatic rings. The van der Waals surface area contributed by atoms with Crippen LogP contribution in [-0.2, 0) is 75.8 Å². The third-order valence-corrected chi connectivity index (χ3v) is 14.9. The summed E-state index contributed by atoms with van der Waals surface area (Å²) in [5.74, 6) is 0. The van der Waals surface area contributed by atoms with Crippen molar-refractivity contribution >= 4 is 30.4 Å². The van der Waals surface area contributed by atoms with E-state index in [1.807, 2.05) is 0 Å². The second-order valence-electron chi connectivity index (χ2n) is 19.0. The zero-order chi connectivity index (χ0) is 52.4. The molecule has 0 aliphatic carbocycles. The van der Waals surface area contributed by atoms with Crippen molar-refractivity contribution in [1.29, 1.82) is 0 Å². The van der Waals surface area contributed by atoms with Gasteiger partial charge in [-0.15, -0.1) is 6.10 Å². The van der Waals surface area contributed by atoms with Gasteiger partial charge in [-0.05, 0) is 73.4 Å². The van der Waals surface area contributed by atoms with Crippen LogP contribution in [0.3, 0.4) is 0 Å². The second kappa shape index (κ2) is 45.6. The fraction of sp³-hybridized carbons (Fsp3) is 0.684. The molecule has 0 saturated carbocycles. The van der Waals surface area contributed by atoms with E-state index in [-0.39, 0.29) is 40.9 Å². The minimum Gasteiger partial charge on any atom is -0.852 e. The largest absolute Gasteiger partial charge is 4.00 e. The maximum atomic E-state index is 11.2. The maximum Gasteiger partial charge on any atom is 4.00 e. The summed E-state index contributed by atoms with van der Waals surface area (Å²) >= 11 is 0. The van der Waals surface area contributed by atoms with Crippen molar-refractivity contribution in [2.75, 3.05) is 0 Å². The van der Waals surface area contributed by atoms with Crippen LogP contribution >= 0.6 is 0 Å². The van der Waals surface area contributed by atoms with Crippen LogP contribution in [0.5, 0.6) is 0 Å². The normalized spacial score (nSPS) is 11.4. The number of rotatable bonds is 36. The fourth-order valence-electron chi connectivity index (χ4n) is 8.27. The van der Waals surface area contributed by atoms with Crippen molar-refractivity contribution in [2.45, 2.75) is 267 Å². The first-order valence-corrected chi connectivity index (χ1v) is 31.4. The third-order valence-electron chi connectivity index (χ3n) is 12.1. The summed E-state index contributed by atoms with van der Waals surface area (Å²) in [4.78, 5) is -0.150. The van der Waals surface area contributed by atoms with Crippen molar-refractivity contribution in [1.82, 2.24) is 0 Å². The average Bonchev–Trinajstić information content (AvgIpc) is 3.30. The molecular weight excluding hydrogens is 1030 g/mol. The molecule has 0 fully saturated rings. The molecule has 3 rings (SSSR count). The van der Waals surface area contributed by atoms with Gasteiger partial charge in [-0.25, -0.2) is 25.3 Å². The number of aryl methyl sites for hydroxylation is 3. The minimum atomic E-state index is -4.35. The maximum absolute atomic E-state index is 11.2. The predicted octanol–water partition coefficient (Wildman–Crippen LogP) is 14.9. The standard InChI is InChI=1S/3C18H30O3S.C3H7O.Zr/c3*1-2-3-4-5-6-7-8-9-10-11-14-17-15-12-13-16-18(17)22(19,20)21;1-3(2)4;/h3*12-13,15-16H,2-11,14H2,1H3,(H,19,20,21);3H,1-2H3;/q;;;-1;+4/p-3. The fourth-order valence-corrected chi connectivity index (χ4v) is 10.5. The van der Waals surface area contributed by atoms with Crippen LogP contribution < -0.4 is 5.11 Å². The monoisotopic (exact) mass is 1120 g/mol. The Morgan fingerprint density at radius 3 is 0.648 bits per heavy atom. The Morgan fingerprint density at radius 1 is 0.324 bits per heavy atom. The summed E-state index contributed by atoms with van der Waals surface area (Å²) in [7, 11) is -13.0. The quantitative estimate of drug-likeness (QED) is 0.0399. The van der Waals surface area contributed by atoms with Crippen LogP contribution in [0.1, 0.15) is 244 Å². The van der Waals surface area contributed by atoms with Gasteiger partial charge in [-0.3, -0.25) is 0 Å². The van der Waals surface area contributed by atoms with E-state index in [1.165, 1.54) is 172 Å². The number of benzene rings is 3. The third kappa shape index (κ3) is 41.2. The van der Waals surface area contributed by atoms with Crippen molar-refractivity contribution in [3.63, 3.8) is 0 Å².